The van der Waals surface area contributed by atoms with Crippen LogP contribution in [-0.2, 0) is 10.0 Å². The first-order chi connectivity index (χ1) is 11.9. The molecule has 0 atom stereocenters. The molecule has 25 heavy (non-hydrogen) atoms. The van der Waals surface area contributed by atoms with E-state index in [4.69, 9.17) is 9.47 Å². The van der Waals surface area contributed by atoms with Crippen molar-refractivity contribution < 1.29 is 17.9 Å². The number of fused-ring (bicyclic) bond motifs is 1. The van der Waals surface area contributed by atoms with E-state index in [0.29, 0.717) is 28.1 Å². The number of aromatic amines is 1. The van der Waals surface area contributed by atoms with Gasteiger partial charge in [-0.3, -0.25) is 9.52 Å². The van der Waals surface area contributed by atoms with Gasteiger partial charge in [0.2, 0.25) is 5.56 Å². The Balaban J connectivity index is 1.96. The molecule has 0 aliphatic heterocycles. The van der Waals surface area contributed by atoms with Crippen molar-refractivity contribution in [1.29, 1.82) is 0 Å². The minimum Gasteiger partial charge on any atom is -0.493 e. The average molecular weight is 360 g/mol. The van der Waals surface area contributed by atoms with Gasteiger partial charge in [0.1, 0.15) is 0 Å². The number of benzene rings is 2. The average Bonchev–Trinajstić information content (AvgIpc) is 2.60. The second-order valence-electron chi connectivity index (χ2n) is 5.25. The van der Waals surface area contributed by atoms with Gasteiger partial charge in [0.05, 0.1) is 24.8 Å². The van der Waals surface area contributed by atoms with Crippen LogP contribution >= 0.6 is 0 Å². The zero-order valence-corrected chi connectivity index (χ0v) is 14.4. The van der Waals surface area contributed by atoms with Crippen molar-refractivity contribution in [1.82, 2.24) is 4.98 Å². The molecule has 3 rings (SSSR count). The predicted molar refractivity (Wildman–Crippen MR) is 94.9 cm³/mol. The molecule has 0 aliphatic carbocycles. The van der Waals surface area contributed by atoms with Crippen LogP contribution in [0.5, 0.6) is 11.5 Å². The molecule has 0 aliphatic rings. The summed E-state index contributed by atoms with van der Waals surface area (Å²) in [6.07, 6.45) is 0. The smallest absolute Gasteiger partial charge is 0.261 e. The molecule has 0 saturated heterocycles. The number of methoxy groups -OCH3 is 2. The van der Waals surface area contributed by atoms with E-state index in [1.54, 1.807) is 24.3 Å². The highest BCUT2D eigenvalue weighted by molar-refractivity contribution is 7.92. The van der Waals surface area contributed by atoms with E-state index in [9.17, 15) is 13.2 Å². The fourth-order valence-corrected chi connectivity index (χ4v) is 3.50. The molecular weight excluding hydrogens is 344 g/mol. The van der Waals surface area contributed by atoms with Crippen molar-refractivity contribution >= 4 is 26.6 Å². The number of nitrogens with one attached hydrogen (secondary N) is 2. The Morgan fingerprint density at radius 1 is 0.920 bits per heavy atom. The van der Waals surface area contributed by atoms with Gasteiger partial charge in [-0.2, -0.15) is 0 Å². The SMILES string of the molecule is COc1ccc(NS(=O)(=O)c2ccc3[nH]c(=O)ccc3c2)cc1OC. The van der Waals surface area contributed by atoms with E-state index >= 15 is 0 Å². The van der Waals surface area contributed by atoms with E-state index in [0.717, 1.165) is 0 Å². The third kappa shape index (κ3) is 3.43. The zero-order chi connectivity index (χ0) is 18.0. The van der Waals surface area contributed by atoms with Gasteiger partial charge in [-0.15, -0.1) is 0 Å². The molecule has 2 N–H and O–H groups in total. The van der Waals surface area contributed by atoms with Crippen molar-refractivity contribution in [2.45, 2.75) is 4.90 Å². The normalized spacial score (nSPS) is 11.3. The van der Waals surface area contributed by atoms with Crippen LogP contribution in [0.25, 0.3) is 10.9 Å². The van der Waals surface area contributed by atoms with Crippen LogP contribution in [0.2, 0.25) is 0 Å². The number of pyridine rings is 1. The molecule has 0 spiro atoms. The summed E-state index contributed by atoms with van der Waals surface area (Å²) in [5, 5.41) is 0.620. The maximum absolute atomic E-state index is 12.6. The van der Waals surface area contributed by atoms with E-state index in [-0.39, 0.29) is 10.5 Å². The van der Waals surface area contributed by atoms with Crippen LogP contribution in [0.4, 0.5) is 5.69 Å². The zero-order valence-electron chi connectivity index (χ0n) is 13.6. The molecule has 0 amide bonds. The van der Waals surface area contributed by atoms with E-state index in [1.807, 2.05) is 0 Å². The minimum absolute atomic E-state index is 0.0850. The van der Waals surface area contributed by atoms with Crippen LogP contribution in [0.1, 0.15) is 0 Å². The van der Waals surface area contributed by atoms with Crippen molar-refractivity contribution in [3.8, 4) is 11.5 Å². The fraction of sp³-hybridized carbons (Fsp3) is 0.118. The maximum atomic E-state index is 12.6. The van der Waals surface area contributed by atoms with Gasteiger partial charge in [-0.25, -0.2) is 8.42 Å². The van der Waals surface area contributed by atoms with Gasteiger partial charge in [0, 0.05) is 17.6 Å². The summed E-state index contributed by atoms with van der Waals surface area (Å²) in [6, 6.07) is 12.1. The van der Waals surface area contributed by atoms with Crippen molar-refractivity contribution in [2.75, 3.05) is 18.9 Å². The number of hydrogen-bond acceptors (Lipinski definition) is 5. The summed E-state index contributed by atoms with van der Waals surface area (Å²) in [6.45, 7) is 0. The maximum Gasteiger partial charge on any atom is 0.261 e. The Bertz CT molecular complexity index is 1090. The first kappa shape index (κ1) is 16.8. The Morgan fingerprint density at radius 3 is 2.40 bits per heavy atom. The van der Waals surface area contributed by atoms with Gasteiger partial charge in [-0.05, 0) is 41.8 Å². The Hall–Kier alpha value is -3.00. The van der Waals surface area contributed by atoms with Crippen molar-refractivity contribution in [3.63, 3.8) is 0 Å². The number of H-pyrrole nitrogens is 1. The summed E-state index contributed by atoms with van der Waals surface area (Å²) in [7, 11) is -0.824. The number of anilines is 1. The van der Waals surface area contributed by atoms with Crippen LogP contribution in [0.3, 0.4) is 0 Å². The number of hydrogen-bond donors (Lipinski definition) is 2. The van der Waals surface area contributed by atoms with E-state index in [2.05, 4.69) is 9.71 Å². The van der Waals surface area contributed by atoms with Crippen LogP contribution in [-0.4, -0.2) is 27.6 Å². The summed E-state index contributed by atoms with van der Waals surface area (Å²) < 4.78 is 38.0. The molecule has 130 valence electrons. The molecule has 0 saturated carbocycles. The molecule has 7 nitrogen and oxygen atoms in total. The molecule has 0 fully saturated rings. The summed E-state index contributed by atoms with van der Waals surface area (Å²) in [5.74, 6) is 0.916. The predicted octanol–water partition coefficient (Wildman–Crippen LogP) is 2.35. The second kappa shape index (κ2) is 6.48. The second-order valence-corrected chi connectivity index (χ2v) is 6.93. The lowest BCUT2D eigenvalue weighted by Crippen LogP contribution is -2.13. The number of sulfonamides is 1. The highest BCUT2D eigenvalue weighted by Crippen LogP contribution is 2.31. The van der Waals surface area contributed by atoms with Gasteiger partial charge in [0.25, 0.3) is 10.0 Å². The van der Waals surface area contributed by atoms with Crippen LogP contribution in [0.15, 0.2) is 58.2 Å². The molecule has 0 radical (unpaired) electrons. The minimum atomic E-state index is -3.80. The molecule has 0 bridgehead atoms. The largest absolute Gasteiger partial charge is 0.493 e. The first-order valence-corrected chi connectivity index (χ1v) is 8.79. The molecule has 0 unspecified atom stereocenters. The molecule has 2 aromatic carbocycles. The molecule has 8 heteroatoms. The third-order valence-electron chi connectivity index (χ3n) is 3.64. The highest BCUT2D eigenvalue weighted by Gasteiger charge is 2.16. The van der Waals surface area contributed by atoms with Gasteiger partial charge < -0.3 is 14.5 Å². The Labute approximate surface area is 144 Å². The summed E-state index contributed by atoms with van der Waals surface area (Å²) >= 11 is 0. The van der Waals surface area contributed by atoms with Crippen LogP contribution in [0, 0.1) is 0 Å². The monoisotopic (exact) mass is 360 g/mol. The molecule has 1 heterocycles. The van der Waals surface area contributed by atoms with Crippen molar-refractivity contribution in [2.24, 2.45) is 0 Å². The van der Waals surface area contributed by atoms with Gasteiger partial charge >= 0.3 is 0 Å². The lowest BCUT2D eigenvalue weighted by Gasteiger charge is -2.12. The Kier molecular flexibility index (Phi) is 4.37. The number of rotatable bonds is 5. The lowest BCUT2D eigenvalue weighted by molar-refractivity contribution is 0.355. The molecule has 1 aromatic heterocycles. The van der Waals surface area contributed by atoms with Crippen LogP contribution < -0.4 is 19.8 Å². The highest BCUT2D eigenvalue weighted by atomic mass is 32.2. The quantitative estimate of drug-likeness (QED) is 0.728. The molecule has 3 aromatic rings. The number of ether oxygens (including phenoxy) is 2. The fourth-order valence-electron chi connectivity index (χ4n) is 2.41. The lowest BCUT2D eigenvalue weighted by atomic mass is 10.2. The first-order valence-electron chi connectivity index (χ1n) is 7.31. The third-order valence-corrected chi connectivity index (χ3v) is 5.02. The van der Waals surface area contributed by atoms with E-state index < -0.39 is 10.0 Å². The summed E-state index contributed by atoms with van der Waals surface area (Å²) in [5.41, 5.74) is 0.670. The summed E-state index contributed by atoms with van der Waals surface area (Å²) in [4.78, 5) is 14.0. The Morgan fingerprint density at radius 2 is 1.68 bits per heavy atom. The van der Waals surface area contributed by atoms with Gasteiger partial charge in [0.15, 0.2) is 11.5 Å². The topological polar surface area (TPSA) is 97.5 Å². The van der Waals surface area contributed by atoms with Crippen molar-refractivity contribution in [3.05, 3.63) is 58.9 Å². The number of aromatic nitrogens is 1. The van der Waals surface area contributed by atoms with E-state index in [1.165, 1.54) is 38.5 Å². The molecular formula is C17H16N2O5S. The standard InChI is InChI=1S/C17H16N2O5S/c1-23-15-7-4-12(10-16(15)24-2)19-25(21,22)13-5-6-14-11(9-13)3-8-17(20)18-14/h3-10,19H,1-2H3,(H,18,20). The van der Waals surface area contributed by atoms with Gasteiger partial charge in [-0.1, -0.05) is 0 Å².